The summed E-state index contributed by atoms with van der Waals surface area (Å²) < 4.78 is 0. The number of nitrogens with one attached hydrogen (secondary N) is 2. The summed E-state index contributed by atoms with van der Waals surface area (Å²) in [6.45, 7) is 17.6. The Morgan fingerprint density at radius 3 is 1.90 bits per heavy atom. The molecule has 3 nitrogen and oxygen atoms in total. The highest BCUT2D eigenvalue weighted by atomic mass is 15.7. The molecule has 0 saturated carbocycles. The lowest BCUT2D eigenvalue weighted by Gasteiger charge is -2.20. The number of rotatable bonds is 7. The fourth-order valence-electron chi connectivity index (χ4n) is 1.62. The third kappa shape index (κ3) is 13.7. The smallest absolute Gasteiger partial charge is 0.0483 e. The fourth-order valence-corrected chi connectivity index (χ4v) is 1.62. The van der Waals surface area contributed by atoms with Crippen molar-refractivity contribution in [3.8, 4) is 0 Å². The van der Waals surface area contributed by atoms with Gasteiger partial charge in [-0.15, -0.1) is 5.53 Å². The molecule has 0 fully saturated rings. The zero-order chi connectivity index (χ0) is 16.2. The van der Waals surface area contributed by atoms with E-state index in [-0.39, 0.29) is 0 Å². The molecule has 0 saturated heterocycles. The molecular formula is C17H41N3. The standard InChI is InChI=1S/C11H23N3.3C2H6/c1-3-5-7-8-11-10-12-13-14(11)9-6-4-2;3*1-2/h10,12-13H,3-9H2,1-2H3;3*1-2H3. The summed E-state index contributed by atoms with van der Waals surface area (Å²) in [4.78, 5) is 0. The molecule has 0 bridgehead atoms. The van der Waals surface area contributed by atoms with E-state index in [4.69, 9.17) is 0 Å². The van der Waals surface area contributed by atoms with Crippen LogP contribution in [-0.4, -0.2) is 11.6 Å². The molecule has 0 atom stereocenters. The predicted octanol–water partition coefficient (Wildman–Crippen LogP) is 5.61. The van der Waals surface area contributed by atoms with Gasteiger partial charge in [-0.05, 0) is 19.3 Å². The summed E-state index contributed by atoms with van der Waals surface area (Å²) >= 11 is 0. The van der Waals surface area contributed by atoms with Crippen molar-refractivity contribution in [3.05, 3.63) is 11.9 Å². The van der Waals surface area contributed by atoms with Crippen LogP contribution in [0.15, 0.2) is 11.9 Å². The van der Waals surface area contributed by atoms with Crippen LogP contribution in [0.1, 0.15) is 93.9 Å². The predicted molar refractivity (Wildman–Crippen MR) is 94.2 cm³/mol. The summed E-state index contributed by atoms with van der Waals surface area (Å²) in [5.41, 5.74) is 7.64. The van der Waals surface area contributed by atoms with Gasteiger partial charge < -0.3 is 5.43 Å². The minimum Gasteiger partial charge on any atom is -0.309 e. The van der Waals surface area contributed by atoms with Gasteiger partial charge in [0.1, 0.15) is 0 Å². The highest BCUT2D eigenvalue weighted by Gasteiger charge is 2.12. The molecule has 1 aliphatic rings. The highest BCUT2D eigenvalue weighted by Crippen LogP contribution is 2.14. The van der Waals surface area contributed by atoms with Crippen LogP contribution in [0.5, 0.6) is 0 Å². The molecule has 20 heavy (non-hydrogen) atoms. The Hall–Kier alpha value is -0.700. The molecule has 0 aromatic heterocycles. The van der Waals surface area contributed by atoms with Crippen LogP contribution in [0.4, 0.5) is 0 Å². The molecule has 3 heteroatoms. The molecule has 1 rings (SSSR count). The van der Waals surface area contributed by atoms with Crippen LogP contribution in [-0.2, 0) is 0 Å². The van der Waals surface area contributed by atoms with E-state index < -0.39 is 0 Å². The number of hydrazine groups is 2. The molecule has 124 valence electrons. The molecule has 2 N–H and O–H groups in total. The lowest BCUT2D eigenvalue weighted by Crippen LogP contribution is -2.37. The largest absolute Gasteiger partial charge is 0.309 e. The SMILES string of the molecule is CC.CC.CC.CCCCCC1=CNNN1CCCC. The molecule has 0 aromatic carbocycles. The number of hydrogen-bond donors (Lipinski definition) is 2. The van der Waals surface area contributed by atoms with Gasteiger partial charge in [0, 0.05) is 18.4 Å². The normalized spacial score (nSPS) is 11.8. The quantitative estimate of drug-likeness (QED) is 0.596. The van der Waals surface area contributed by atoms with Crippen LogP contribution in [0, 0.1) is 0 Å². The Bertz CT molecular complexity index is 179. The zero-order valence-electron chi connectivity index (χ0n) is 15.5. The second-order valence-corrected chi connectivity index (χ2v) is 3.85. The van der Waals surface area contributed by atoms with Crippen molar-refractivity contribution in [1.29, 1.82) is 0 Å². The van der Waals surface area contributed by atoms with Gasteiger partial charge >= 0.3 is 0 Å². The molecular weight excluding hydrogens is 246 g/mol. The van der Waals surface area contributed by atoms with Gasteiger partial charge in [0.15, 0.2) is 0 Å². The average Bonchev–Trinajstić information content (AvgIpc) is 2.99. The maximum atomic E-state index is 3.16. The van der Waals surface area contributed by atoms with Gasteiger partial charge in [-0.1, -0.05) is 74.7 Å². The van der Waals surface area contributed by atoms with Crippen molar-refractivity contribution >= 4 is 0 Å². The second kappa shape index (κ2) is 23.4. The summed E-state index contributed by atoms with van der Waals surface area (Å²) in [6.07, 6.45) is 9.71. The topological polar surface area (TPSA) is 27.3 Å². The number of hydrogen-bond acceptors (Lipinski definition) is 3. The summed E-state index contributed by atoms with van der Waals surface area (Å²) in [6, 6.07) is 0. The average molecular weight is 288 g/mol. The van der Waals surface area contributed by atoms with Gasteiger partial charge in [-0.25, -0.2) is 0 Å². The first-order valence-corrected chi connectivity index (χ1v) is 8.86. The first kappa shape index (κ1) is 24.3. The molecule has 0 unspecified atom stereocenters. The van der Waals surface area contributed by atoms with Crippen LogP contribution >= 0.6 is 0 Å². The fraction of sp³-hybridized carbons (Fsp3) is 0.882. The maximum absolute atomic E-state index is 3.16. The summed E-state index contributed by atoms with van der Waals surface area (Å²) in [5, 5.41) is 2.24. The van der Waals surface area contributed by atoms with Crippen LogP contribution in [0.3, 0.4) is 0 Å². The van der Waals surface area contributed by atoms with E-state index in [0.717, 1.165) is 6.54 Å². The van der Waals surface area contributed by atoms with Gasteiger partial charge in [0.2, 0.25) is 0 Å². The van der Waals surface area contributed by atoms with Gasteiger partial charge in [0.05, 0.1) is 0 Å². The lowest BCUT2D eigenvalue weighted by molar-refractivity contribution is 0.239. The highest BCUT2D eigenvalue weighted by molar-refractivity contribution is 5.02. The third-order valence-corrected chi connectivity index (χ3v) is 2.56. The monoisotopic (exact) mass is 287 g/mol. The molecule has 1 heterocycles. The molecule has 0 aromatic rings. The molecule has 0 amide bonds. The first-order chi connectivity index (χ1) is 9.88. The van der Waals surface area contributed by atoms with Crippen molar-refractivity contribution in [2.24, 2.45) is 0 Å². The Morgan fingerprint density at radius 2 is 1.40 bits per heavy atom. The van der Waals surface area contributed by atoms with Crippen LogP contribution < -0.4 is 11.0 Å². The molecule has 0 aliphatic carbocycles. The van der Waals surface area contributed by atoms with Crippen molar-refractivity contribution < 1.29 is 0 Å². The van der Waals surface area contributed by atoms with Crippen molar-refractivity contribution in [3.63, 3.8) is 0 Å². The Kier molecular flexibility index (Phi) is 28.5. The lowest BCUT2D eigenvalue weighted by atomic mass is 10.1. The van der Waals surface area contributed by atoms with E-state index in [2.05, 4.69) is 36.0 Å². The van der Waals surface area contributed by atoms with Gasteiger partial charge in [0.25, 0.3) is 0 Å². The number of allylic oxidation sites excluding steroid dienone is 1. The van der Waals surface area contributed by atoms with Crippen molar-refractivity contribution in [1.82, 2.24) is 16.0 Å². The van der Waals surface area contributed by atoms with Crippen molar-refractivity contribution in [2.45, 2.75) is 93.9 Å². The van der Waals surface area contributed by atoms with Gasteiger partial charge in [-0.3, -0.25) is 5.01 Å². The third-order valence-electron chi connectivity index (χ3n) is 2.56. The number of nitrogens with zero attached hydrogens (tertiary/aromatic N) is 1. The van der Waals surface area contributed by atoms with E-state index in [1.807, 2.05) is 41.5 Å². The van der Waals surface area contributed by atoms with E-state index in [9.17, 15) is 0 Å². The minimum atomic E-state index is 1.11. The zero-order valence-corrected chi connectivity index (χ0v) is 15.5. The second-order valence-electron chi connectivity index (χ2n) is 3.85. The molecule has 0 radical (unpaired) electrons. The van der Waals surface area contributed by atoms with Gasteiger partial charge in [-0.2, -0.15) is 0 Å². The Morgan fingerprint density at radius 1 is 0.850 bits per heavy atom. The molecule has 0 spiro atoms. The Labute approximate surface area is 129 Å². The number of unbranched alkanes of at least 4 members (excludes halogenated alkanes) is 3. The molecule has 1 aliphatic heterocycles. The maximum Gasteiger partial charge on any atom is 0.0483 e. The minimum absolute atomic E-state index is 1.11. The van der Waals surface area contributed by atoms with E-state index in [0.29, 0.717) is 0 Å². The van der Waals surface area contributed by atoms with E-state index in [1.165, 1.54) is 44.2 Å². The summed E-state index contributed by atoms with van der Waals surface area (Å²) in [7, 11) is 0. The summed E-state index contributed by atoms with van der Waals surface area (Å²) in [5.74, 6) is 0. The van der Waals surface area contributed by atoms with E-state index >= 15 is 0 Å². The van der Waals surface area contributed by atoms with E-state index in [1.54, 1.807) is 0 Å². The Balaban J connectivity index is -0.000000425. The first-order valence-electron chi connectivity index (χ1n) is 8.86. The van der Waals surface area contributed by atoms with Crippen molar-refractivity contribution in [2.75, 3.05) is 6.54 Å². The van der Waals surface area contributed by atoms with Crippen LogP contribution in [0.25, 0.3) is 0 Å². The van der Waals surface area contributed by atoms with Crippen LogP contribution in [0.2, 0.25) is 0 Å².